The molecule has 0 N–H and O–H groups in total. The highest BCUT2D eigenvalue weighted by Gasteiger charge is 2.28. The number of hydrogen-bond donors (Lipinski definition) is 0. The maximum absolute atomic E-state index is 12.4. The third kappa shape index (κ3) is 4.30. The van der Waals surface area contributed by atoms with Gasteiger partial charge in [-0.25, -0.2) is 9.80 Å². The molecule has 2 fully saturated rings. The van der Waals surface area contributed by atoms with Crippen LogP contribution in [0.5, 0.6) is 0 Å². The second kappa shape index (κ2) is 7.57. The summed E-state index contributed by atoms with van der Waals surface area (Å²) in [5, 5.41) is 5.89. The highest BCUT2D eigenvalue weighted by molar-refractivity contribution is 5.82. The molecular formula is C17H25N5O. The molecule has 2 saturated heterocycles. The summed E-state index contributed by atoms with van der Waals surface area (Å²) >= 11 is 0. The van der Waals surface area contributed by atoms with E-state index in [0.29, 0.717) is 6.54 Å². The van der Waals surface area contributed by atoms with E-state index in [1.54, 1.807) is 11.2 Å². The predicted octanol–water partition coefficient (Wildman–Crippen LogP) is 1.01. The number of carbonyl (C=O) groups is 1. The average Bonchev–Trinajstić information content (AvgIpc) is 2.93. The Bertz CT molecular complexity index is 539. The molecular weight excluding hydrogens is 290 g/mol. The minimum absolute atomic E-state index is 0.0197. The molecule has 2 aliphatic rings. The summed E-state index contributed by atoms with van der Waals surface area (Å²) in [5.74, 6) is 0. The van der Waals surface area contributed by atoms with Crippen LogP contribution in [0.1, 0.15) is 5.56 Å². The third-order valence-corrected chi connectivity index (χ3v) is 4.50. The molecule has 0 saturated carbocycles. The fraction of sp³-hybridized carbons (Fsp3) is 0.529. The molecule has 0 bridgehead atoms. The number of hydrazone groups is 1. The molecule has 0 aromatic heterocycles. The summed E-state index contributed by atoms with van der Waals surface area (Å²) in [6.07, 6.45) is 1.75. The lowest BCUT2D eigenvalue weighted by Crippen LogP contribution is -2.47. The smallest absolute Gasteiger partial charge is 0.320 e. The molecule has 0 radical (unpaired) electrons. The Kier molecular flexibility index (Phi) is 5.25. The van der Waals surface area contributed by atoms with Gasteiger partial charge in [0.05, 0.1) is 12.8 Å². The van der Waals surface area contributed by atoms with Crippen molar-refractivity contribution in [3.8, 4) is 0 Å². The molecule has 2 amide bonds. The van der Waals surface area contributed by atoms with Crippen LogP contribution in [0, 0.1) is 0 Å². The molecule has 2 heterocycles. The van der Waals surface area contributed by atoms with Crippen LogP contribution in [0.2, 0.25) is 0 Å². The first-order valence-electron chi connectivity index (χ1n) is 8.29. The van der Waals surface area contributed by atoms with Crippen LogP contribution in [0.4, 0.5) is 4.79 Å². The van der Waals surface area contributed by atoms with Crippen molar-refractivity contribution in [1.82, 2.24) is 19.7 Å². The molecule has 0 aliphatic carbocycles. The van der Waals surface area contributed by atoms with Gasteiger partial charge < -0.3 is 9.80 Å². The van der Waals surface area contributed by atoms with Crippen LogP contribution < -0.4 is 0 Å². The first-order valence-corrected chi connectivity index (χ1v) is 8.29. The van der Waals surface area contributed by atoms with Gasteiger partial charge in [-0.3, -0.25) is 4.90 Å². The van der Waals surface area contributed by atoms with Crippen molar-refractivity contribution in [2.45, 2.75) is 0 Å². The summed E-state index contributed by atoms with van der Waals surface area (Å²) in [5.41, 5.74) is 1.01. The molecule has 0 unspecified atom stereocenters. The number of piperazine rings is 1. The Morgan fingerprint density at radius 3 is 2.48 bits per heavy atom. The highest BCUT2D eigenvalue weighted by atomic mass is 16.2. The van der Waals surface area contributed by atoms with E-state index >= 15 is 0 Å². The van der Waals surface area contributed by atoms with E-state index in [1.165, 1.54) is 0 Å². The van der Waals surface area contributed by atoms with Gasteiger partial charge in [0, 0.05) is 45.8 Å². The molecule has 1 aromatic rings. The van der Waals surface area contributed by atoms with Gasteiger partial charge in [-0.05, 0) is 12.6 Å². The van der Waals surface area contributed by atoms with Crippen LogP contribution >= 0.6 is 0 Å². The van der Waals surface area contributed by atoms with Crippen molar-refractivity contribution in [3.05, 3.63) is 35.9 Å². The van der Waals surface area contributed by atoms with Crippen LogP contribution in [0.3, 0.4) is 0 Å². The fourth-order valence-corrected chi connectivity index (χ4v) is 2.89. The van der Waals surface area contributed by atoms with E-state index < -0.39 is 0 Å². The normalized spacial score (nSPS) is 20.8. The predicted molar refractivity (Wildman–Crippen MR) is 91.6 cm³/mol. The Balaban J connectivity index is 1.46. The lowest BCUT2D eigenvalue weighted by molar-refractivity contribution is 0.140. The number of carbonyl (C=O) groups excluding carboxylic acids is 1. The molecule has 0 atom stereocenters. The van der Waals surface area contributed by atoms with Crippen molar-refractivity contribution < 1.29 is 4.79 Å². The van der Waals surface area contributed by atoms with Crippen LogP contribution in [0.15, 0.2) is 35.4 Å². The Morgan fingerprint density at radius 2 is 1.74 bits per heavy atom. The number of rotatable bonds is 5. The van der Waals surface area contributed by atoms with E-state index in [-0.39, 0.29) is 6.03 Å². The molecule has 3 rings (SSSR count). The maximum atomic E-state index is 12.4. The minimum Gasteiger partial charge on any atom is -0.320 e. The minimum atomic E-state index is 0.0197. The molecule has 6 heteroatoms. The Labute approximate surface area is 138 Å². The number of hydrogen-bond acceptors (Lipinski definition) is 4. The second-order valence-electron chi connectivity index (χ2n) is 6.19. The van der Waals surface area contributed by atoms with Gasteiger partial charge in [0.1, 0.15) is 0 Å². The van der Waals surface area contributed by atoms with E-state index in [4.69, 9.17) is 0 Å². The van der Waals surface area contributed by atoms with Crippen LogP contribution in [-0.2, 0) is 0 Å². The average molecular weight is 315 g/mol. The van der Waals surface area contributed by atoms with Gasteiger partial charge in [-0.2, -0.15) is 5.10 Å². The number of benzene rings is 1. The number of likely N-dealkylation sites (N-methyl/N-ethyl adjacent to an activating group) is 1. The number of urea groups is 1. The zero-order chi connectivity index (χ0) is 16.1. The number of nitrogens with zero attached hydrogens (tertiary/aromatic N) is 5. The van der Waals surface area contributed by atoms with Gasteiger partial charge in [-0.15, -0.1) is 0 Å². The van der Waals surface area contributed by atoms with Gasteiger partial charge >= 0.3 is 6.03 Å². The van der Waals surface area contributed by atoms with Gasteiger partial charge in [0.25, 0.3) is 0 Å². The molecule has 124 valence electrons. The SMILES string of the molecule is CN1CCN(CCN2CCN(N=Cc3ccccc3)C2=O)CC1. The summed E-state index contributed by atoms with van der Waals surface area (Å²) in [4.78, 5) is 19.0. The van der Waals surface area contributed by atoms with E-state index in [2.05, 4.69) is 21.9 Å². The molecule has 2 aliphatic heterocycles. The second-order valence-corrected chi connectivity index (χ2v) is 6.19. The Hall–Kier alpha value is -1.92. The summed E-state index contributed by atoms with van der Waals surface area (Å²) in [6.45, 7) is 7.59. The molecule has 23 heavy (non-hydrogen) atoms. The maximum Gasteiger partial charge on any atom is 0.340 e. The zero-order valence-electron chi connectivity index (χ0n) is 13.8. The van der Waals surface area contributed by atoms with E-state index in [9.17, 15) is 4.79 Å². The van der Waals surface area contributed by atoms with Gasteiger partial charge in [0.15, 0.2) is 0 Å². The van der Waals surface area contributed by atoms with Crippen molar-refractivity contribution in [1.29, 1.82) is 0 Å². The monoisotopic (exact) mass is 315 g/mol. The first-order chi connectivity index (χ1) is 11.2. The van der Waals surface area contributed by atoms with Gasteiger partial charge in [0.2, 0.25) is 0 Å². The third-order valence-electron chi connectivity index (χ3n) is 4.50. The van der Waals surface area contributed by atoms with E-state index in [1.807, 2.05) is 35.2 Å². The van der Waals surface area contributed by atoms with Crippen LogP contribution in [-0.4, -0.2) is 91.4 Å². The van der Waals surface area contributed by atoms with Crippen molar-refractivity contribution in [2.24, 2.45) is 5.10 Å². The lowest BCUT2D eigenvalue weighted by Gasteiger charge is -2.33. The lowest BCUT2D eigenvalue weighted by atomic mass is 10.2. The highest BCUT2D eigenvalue weighted by Crippen LogP contribution is 2.10. The van der Waals surface area contributed by atoms with E-state index in [0.717, 1.165) is 51.4 Å². The Morgan fingerprint density at radius 1 is 1.00 bits per heavy atom. The molecule has 6 nitrogen and oxygen atoms in total. The topological polar surface area (TPSA) is 42.4 Å². The van der Waals surface area contributed by atoms with Crippen molar-refractivity contribution in [2.75, 3.05) is 59.4 Å². The molecule has 0 spiro atoms. The number of amides is 2. The summed E-state index contributed by atoms with van der Waals surface area (Å²) in [6, 6.07) is 9.89. The molecule has 1 aromatic carbocycles. The zero-order valence-corrected chi connectivity index (χ0v) is 13.8. The fourth-order valence-electron chi connectivity index (χ4n) is 2.89. The largest absolute Gasteiger partial charge is 0.340 e. The van der Waals surface area contributed by atoms with Gasteiger partial charge in [-0.1, -0.05) is 30.3 Å². The quantitative estimate of drug-likeness (QED) is 0.762. The standard InChI is InChI=1S/C17H25N5O/c1-19-7-9-20(10-8-19)11-12-21-13-14-22(17(21)23)18-15-16-5-3-2-4-6-16/h2-6,15H,7-14H2,1H3. The van der Waals surface area contributed by atoms with Crippen LogP contribution in [0.25, 0.3) is 0 Å². The van der Waals surface area contributed by atoms with Crippen molar-refractivity contribution in [3.63, 3.8) is 0 Å². The first kappa shape index (κ1) is 16.0. The summed E-state index contributed by atoms with van der Waals surface area (Å²) in [7, 11) is 2.16. The summed E-state index contributed by atoms with van der Waals surface area (Å²) < 4.78 is 0. The van der Waals surface area contributed by atoms with Crippen molar-refractivity contribution >= 4 is 12.2 Å².